The summed E-state index contributed by atoms with van der Waals surface area (Å²) in [4.78, 5) is 13.9. The average molecular weight is 266 g/mol. The zero-order chi connectivity index (χ0) is 13.9. The van der Waals surface area contributed by atoms with Crippen LogP contribution in [0.25, 0.3) is 0 Å². The number of hydrogen-bond donors (Lipinski definition) is 2. The number of nitrogens with one attached hydrogen (secondary N) is 1. The number of aromatic nitrogens is 3. The van der Waals surface area contributed by atoms with Gasteiger partial charge in [-0.3, -0.25) is 9.69 Å². The Kier molecular flexibility index (Phi) is 4.16. The number of fused-ring (bicyclic) bond motifs is 1. The van der Waals surface area contributed by atoms with Crippen LogP contribution in [0.1, 0.15) is 26.1 Å². The molecule has 1 atom stereocenters. The van der Waals surface area contributed by atoms with E-state index in [0.717, 1.165) is 31.9 Å². The van der Waals surface area contributed by atoms with E-state index in [9.17, 15) is 4.79 Å². The summed E-state index contributed by atoms with van der Waals surface area (Å²) in [6.07, 6.45) is 2.71. The Morgan fingerprint density at radius 2 is 2.37 bits per heavy atom. The monoisotopic (exact) mass is 266 g/mol. The lowest BCUT2D eigenvalue weighted by Crippen LogP contribution is -2.60. The number of nitrogens with zero attached hydrogens (tertiary/aromatic N) is 4. The maximum absolute atomic E-state index is 11.7. The Bertz CT molecular complexity index is 445. The summed E-state index contributed by atoms with van der Waals surface area (Å²) in [5.41, 5.74) is 4.85. The van der Waals surface area contributed by atoms with Gasteiger partial charge < -0.3 is 15.6 Å². The van der Waals surface area contributed by atoms with Gasteiger partial charge in [0.05, 0.1) is 6.54 Å². The van der Waals surface area contributed by atoms with E-state index in [2.05, 4.69) is 27.3 Å². The topological polar surface area (TPSA) is 89.1 Å². The van der Waals surface area contributed by atoms with Crippen LogP contribution in [0.3, 0.4) is 0 Å². The summed E-state index contributed by atoms with van der Waals surface area (Å²) in [5.74, 6) is 0.626. The first-order chi connectivity index (χ1) is 9.05. The van der Waals surface area contributed by atoms with E-state index in [-0.39, 0.29) is 5.91 Å². The van der Waals surface area contributed by atoms with Crippen molar-refractivity contribution in [2.24, 2.45) is 5.73 Å². The molecule has 7 nitrogen and oxygen atoms in total. The molecule has 0 fully saturated rings. The van der Waals surface area contributed by atoms with Crippen molar-refractivity contribution in [1.82, 2.24) is 25.0 Å². The normalized spacial score (nSPS) is 18.8. The SMILES string of the molecule is CCCNC(C)(CN1CCn2cnnc2C1)C(N)=O. The highest BCUT2D eigenvalue weighted by atomic mass is 16.1. The molecule has 2 heterocycles. The molecular weight excluding hydrogens is 244 g/mol. The molecule has 0 aliphatic carbocycles. The minimum Gasteiger partial charge on any atom is -0.368 e. The summed E-state index contributed by atoms with van der Waals surface area (Å²) in [6, 6.07) is 0. The Morgan fingerprint density at radius 3 is 3.05 bits per heavy atom. The second kappa shape index (κ2) is 5.66. The third kappa shape index (κ3) is 3.10. The molecule has 0 spiro atoms. The fourth-order valence-corrected chi connectivity index (χ4v) is 2.32. The molecule has 1 aromatic rings. The molecule has 2 rings (SSSR count). The smallest absolute Gasteiger partial charge is 0.238 e. The van der Waals surface area contributed by atoms with Crippen molar-refractivity contribution < 1.29 is 4.79 Å². The van der Waals surface area contributed by atoms with E-state index in [4.69, 9.17) is 5.73 Å². The number of rotatable bonds is 6. The van der Waals surface area contributed by atoms with Crippen molar-refractivity contribution in [2.75, 3.05) is 19.6 Å². The largest absolute Gasteiger partial charge is 0.368 e. The second-order valence-electron chi connectivity index (χ2n) is 5.27. The molecule has 7 heteroatoms. The zero-order valence-corrected chi connectivity index (χ0v) is 11.6. The van der Waals surface area contributed by atoms with Gasteiger partial charge in [0.15, 0.2) is 0 Å². The van der Waals surface area contributed by atoms with Crippen LogP contribution in [0.2, 0.25) is 0 Å². The van der Waals surface area contributed by atoms with Crippen LogP contribution < -0.4 is 11.1 Å². The molecule has 1 aliphatic heterocycles. The highest BCUT2D eigenvalue weighted by Gasteiger charge is 2.33. The molecule has 0 aromatic carbocycles. The van der Waals surface area contributed by atoms with Gasteiger partial charge in [-0.05, 0) is 19.9 Å². The van der Waals surface area contributed by atoms with E-state index < -0.39 is 5.54 Å². The molecule has 19 heavy (non-hydrogen) atoms. The Balaban J connectivity index is 2.01. The van der Waals surface area contributed by atoms with Gasteiger partial charge >= 0.3 is 0 Å². The maximum atomic E-state index is 11.7. The minimum absolute atomic E-state index is 0.312. The lowest BCUT2D eigenvalue weighted by molar-refractivity contribution is -0.124. The summed E-state index contributed by atoms with van der Waals surface area (Å²) < 4.78 is 2.04. The lowest BCUT2D eigenvalue weighted by atomic mass is 10.00. The predicted molar refractivity (Wildman–Crippen MR) is 71.2 cm³/mol. The van der Waals surface area contributed by atoms with Gasteiger partial charge in [-0.15, -0.1) is 10.2 Å². The summed E-state index contributed by atoms with van der Waals surface area (Å²) in [6.45, 7) is 7.74. The number of carbonyl (C=O) groups excluding carboxylic acids is 1. The van der Waals surface area contributed by atoms with Crippen molar-refractivity contribution in [2.45, 2.75) is 38.9 Å². The molecule has 106 valence electrons. The number of carbonyl (C=O) groups is 1. The van der Waals surface area contributed by atoms with Gasteiger partial charge in [0.25, 0.3) is 0 Å². The van der Waals surface area contributed by atoms with Gasteiger partial charge in [0.2, 0.25) is 5.91 Å². The molecule has 1 amide bonds. The first kappa shape index (κ1) is 14.0. The van der Waals surface area contributed by atoms with E-state index in [1.54, 1.807) is 6.33 Å². The van der Waals surface area contributed by atoms with Crippen molar-refractivity contribution in [3.63, 3.8) is 0 Å². The number of amides is 1. The van der Waals surface area contributed by atoms with Crippen LogP contribution in [0.4, 0.5) is 0 Å². The van der Waals surface area contributed by atoms with Gasteiger partial charge in [-0.2, -0.15) is 0 Å². The van der Waals surface area contributed by atoms with Crippen molar-refractivity contribution in [3.8, 4) is 0 Å². The lowest BCUT2D eigenvalue weighted by Gasteiger charge is -2.35. The van der Waals surface area contributed by atoms with Crippen LogP contribution in [0.15, 0.2) is 6.33 Å². The molecule has 0 saturated carbocycles. The predicted octanol–water partition coefficient (Wildman–Crippen LogP) is -0.663. The standard InChI is InChI=1S/C12H22N6O/c1-3-4-14-12(2,11(13)19)8-17-5-6-18-9-15-16-10(18)7-17/h9,14H,3-8H2,1-2H3,(H2,13,19). The Hall–Kier alpha value is -1.47. The fraction of sp³-hybridized carbons (Fsp3) is 0.750. The third-order valence-electron chi connectivity index (χ3n) is 3.57. The number of primary amides is 1. The third-order valence-corrected chi connectivity index (χ3v) is 3.57. The molecule has 0 bridgehead atoms. The first-order valence-electron chi connectivity index (χ1n) is 6.69. The number of nitrogens with two attached hydrogens (primary N) is 1. The van der Waals surface area contributed by atoms with Gasteiger partial charge in [0.1, 0.15) is 17.7 Å². The molecule has 1 unspecified atom stereocenters. The first-order valence-corrected chi connectivity index (χ1v) is 6.69. The average Bonchev–Trinajstić information content (AvgIpc) is 2.83. The molecule has 0 saturated heterocycles. The Labute approximate surface area is 113 Å². The molecule has 3 N–H and O–H groups in total. The zero-order valence-electron chi connectivity index (χ0n) is 11.6. The second-order valence-corrected chi connectivity index (χ2v) is 5.27. The van der Waals surface area contributed by atoms with Crippen molar-refractivity contribution in [1.29, 1.82) is 0 Å². The molecular formula is C12H22N6O. The summed E-state index contributed by atoms with van der Waals surface area (Å²) in [7, 11) is 0. The van der Waals surface area contributed by atoms with Crippen LogP contribution in [-0.4, -0.2) is 50.7 Å². The van der Waals surface area contributed by atoms with Crippen LogP contribution >= 0.6 is 0 Å². The molecule has 1 aliphatic rings. The maximum Gasteiger partial charge on any atom is 0.238 e. The van der Waals surface area contributed by atoms with E-state index in [1.165, 1.54) is 0 Å². The minimum atomic E-state index is -0.696. The Morgan fingerprint density at radius 1 is 1.58 bits per heavy atom. The van der Waals surface area contributed by atoms with E-state index in [1.807, 2.05) is 11.5 Å². The summed E-state index contributed by atoms with van der Waals surface area (Å²) >= 11 is 0. The van der Waals surface area contributed by atoms with Crippen LogP contribution in [-0.2, 0) is 17.9 Å². The van der Waals surface area contributed by atoms with E-state index >= 15 is 0 Å². The highest BCUT2D eigenvalue weighted by Crippen LogP contribution is 2.13. The van der Waals surface area contributed by atoms with Crippen molar-refractivity contribution >= 4 is 5.91 Å². The fourth-order valence-electron chi connectivity index (χ4n) is 2.32. The van der Waals surface area contributed by atoms with Gasteiger partial charge in [0, 0.05) is 19.6 Å². The summed E-state index contributed by atoms with van der Waals surface area (Å²) in [5, 5.41) is 11.2. The molecule has 1 aromatic heterocycles. The van der Waals surface area contributed by atoms with Crippen LogP contribution in [0.5, 0.6) is 0 Å². The number of hydrogen-bond acceptors (Lipinski definition) is 5. The van der Waals surface area contributed by atoms with Gasteiger partial charge in [-0.1, -0.05) is 6.92 Å². The molecule has 0 radical (unpaired) electrons. The van der Waals surface area contributed by atoms with Gasteiger partial charge in [-0.25, -0.2) is 0 Å². The van der Waals surface area contributed by atoms with Crippen molar-refractivity contribution in [3.05, 3.63) is 12.2 Å². The van der Waals surface area contributed by atoms with E-state index in [0.29, 0.717) is 13.1 Å². The highest BCUT2D eigenvalue weighted by molar-refractivity contribution is 5.84. The van der Waals surface area contributed by atoms with Crippen LogP contribution in [0, 0.1) is 0 Å². The quantitative estimate of drug-likeness (QED) is 0.713.